The number of amides is 2. The third-order valence-corrected chi connectivity index (χ3v) is 5.77. The number of ketones is 1. The molecule has 1 N–H and O–H groups in total. The Labute approximate surface area is 188 Å². The Bertz CT molecular complexity index is 847. The number of rotatable bonds is 6. The fraction of sp³-hybridized carbons (Fsp3) is 0.524. The van der Waals surface area contributed by atoms with Gasteiger partial charge in [0.1, 0.15) is 5.82 Å². The maximum Gasteiger partial charge on any atom is 0.425 e. The molecule has 1 aromatic carbocycles. The van der Waals surface area contributed by atoms with Crippen molar-refractivity contribution in [3.63, 3.8) is 0 Å². The molecule has 8 nitrogen and oxygen atoms in total. The van der Waals surface area contributed by atoms with Crippen molar-refractivity contribution in [1.29, 1.82) is 0 Å². The third-order valence-electron chi connectivity index (χ3n) is 5.12. The van der Waals surface area contributed by atoms with Crippen LogP contribution in [-0.2, 0) is 19.1 Å². The summed E-state index contributed by atoms with van der Waals surface area (Å²) in [5, 5.41) is 1.15. The molecule has 1 aromatic rings. The van der Waals surface area contributed by atoms with Gasteiger partial charge < -0.3 is 9.47 Å². The van der Waals surface area contributed by atoms with Crippen LogP contribution in [0.25, 0.3) is 0 Å². The van der Waals surface area contributed by atoms with Gasteiger partial charge >= 0.3 is 12.1 Å². The lowest BCUT2D eigenvalue weighted by Gasteiger charge is -2.35. The number of Topliss-reactive ketones (excluding diaryl/α,β-unsaturated/α-hetero) is 1. The first-order valence-corrected chi connectivity index (χ1v) is 10.8. The predicted molar refractivity (Wildman–Crippen MR) is 112 cm³/mol. The molecule has 0 saturated heterocycles. The van der Waals surface area contributed by atoms with E-state index in [9.17, 15) is 23.6 Å². The molecule has 1 aliphatic carbocycles. The topological polar surface area (TPSA) is 102 Å². The van der Waals surface area contributed by atoms with Crippen molar-refractivity contribution in [2.24, 2.45) is 11.8 Å². The highest BCUT2D eigenvalue weighted by molar-refractivity contribution is 9.10. The number of benzene rings is 1. The Balaban J connectivity index is 2.06. The molecule has 0 radical (unpaired) electrons. The number of esters is 1. The van der Waals surface area contributed by atoms with Gasteiger partial charge in [0.05, 0.1) is 23.4 Å². The van der Waals surface area contributed by atoms with Crippen molar-refractivity contribution >= 4 is 39.7 Å². The molecular weight excluding hydrogens is 475 g/mol. The van der Waals surface area contributed by atoms with Crippen LogP contribution in [0.5, 0.6) is 0 Å². The summed E-state index contributed by atoms with van der Waals surface area (Å²) in [6.07, 6.45) is 1.59. The maximum absolute atomic E-state index is 13.6. The average Bonchev–Trinajstić information content (AvgIpc) is 2.76. The van der Waals surface area contributed by atoms with Gasteiger partial charge in [-0.05, 0) is 60.8 Å². The molecule has 2 rings (SSSR count). The van der Waals surface area contributed by atoms with E-state index >= 15 is 0 Å². The Morgan fingerprint density at radius 2 is 1.84 bits per heavy atom. The van der Waals surface area contributed by atoms with Crippen molar-refractivity contribution in [2.45, 2.75) is 45.6 Å². The molecule has 170 valence electrons. The molecule has 31 heavy (non-hydrogen) atoms. The van der Waals surface area contributed by atoms with Gasteiger partial charge in [-0.25, -0.2) is 19.6 Å². The summed E-state index contributed by atoms with van der Waals surface area (Å²) < 4.78 is 23.6. The average molecular weight is 501 g/mol. The molecule has 2 atom stereocenters. The van der Waals surface area contributed by atoms with E-state index in [-0.39, 0.29) is 16.1 Å². The fourth-order valence-corrected chi connectivity index (χ4v) is 3.71. The summed E-state index contributed by atoms with van der Waals surface area (Å²) in [7, 11) is 1.19. The van der Waals surface area contributed by atoms with Gasteiger partial charge in [-0.15, -0.1) is 0 Å². The number of hydrazine groups is 1. The second-order valence-corrected chi connectivity index (χ2v) is 8.42. The first-order valence-electron chi connectivity index (χ1n) is 9.98. The second-order valence-electron chi connectivity index (χ2n) is 7.56. The molecule has 0 aromatic heterocycles. The van der Waals surface area contributed by atoms with Gasteiger partial charge in [0.25, 0.3) is 0 Å². The third kappa shape index (κ3) is 6.49. The standard InChI is InChI=1S/C21H26BrFN2O6/c1-12(2)25(24-21(29)30-3)19(27)14-6-4-5-7-15(14)20(28)31-11-18(26)13-8-9-16(22)17(23)10-13/h8-10,12,14-15H,4-7,11H2,1-3H3,(H,24,29)/t14-,15-/m0/s1. The van der Waals surface area contributed by atoms with E-state index in [2.05, 4.69) is 26.1 Å². The summed E-state index contributed by atoms with van der Waals surface area (Å²) in [5.74, 6) is -3.65. The number of ether oxygens (including phenoxy) is 2. The van der Waals surface area contributed by atoms with Crippen LogP contribution in [-0.4, -0.2) is 48.5 Å². The van der Waals surface area contributed by atoms with Crippen LogP contribution in [0.2, 0.25) is 0 Å². The van der Waals surface area contributed by atoms with Crippen molar-refractivity contribution in [3.8, 4) is 0 Å². The first-order chi connectivity index (χ1) is 14.6. The zero-order valence-electron chi connectivity index (χ0n) is 17.7. The molecular formula is C21H26BrFN2O6. The highest BCUT2D eigenvalue weighted by Gasteiger charge is 2.40. The minimum Gasteiger partial charge on any atom is -0.457 e. The minimum atomic E-state index is -0.788. The van der Waals surface area contributed by atoms with E-state index in [0.717, 1.165) is 23.9 Å². The van der Waals surface area contributed by atoms with Crippen LogP contribution >= 0.6 is 15.9 Å². The van der Waals surface area contributed by atoms with Crippen LogP contribution in [0.15, 0.2) is 22.7 Å². The monoisotopic (exact) mass is 500 g/mol. The van der Waals surface area contributed by atoms with Crippen LogP contribution in [0, 0.1) is 17.7 Å². The highest BCUT2D eigenvalue weighted by atomic mass is 79.9. The van der Waals surface area contributed by atoms with Crippen LogP contribution in [0.4, 0.5) is 9.18 Å². The number of methoxy groups -OCH3 is 1. The number of hydrogen-bond acceptors (Lipinski definition) is 6. The molecule has 1 aliphatic rings. The lowest BCUT2D eigenvalue weighted by atomic mass is 9.78. The molecule has 1 saturated carbocycles. The van der Waals surface area contributed by atoms with Gasteiger partial charge in [-0.2, -0.15) is 0 Å². The van der Waals surface area contributed by atoms with Crippen LogP contribution in [0.3, 0.4) is 0 Å². The van der Waals surface area contributed by atoms with Gasteiger partial charge in [0.15, 0.2) is 12.4 Å². The minimum absolute atomic E-state index is 0.0815. The Kier molecular flexibility index (Phi) is 8.97. The summed E-state index contributed by atoms with van der Waals surface area (Å²) in [6.45, 7) is 2.89. The predicted octanol–water partition coefficient (Wildman–Crippen LogP) is 3.63. The van der Waals surface area contributed by atoms with Gasteiger partial charge in [-0.1, -0.05) is 12.8 Å². The van der Waals surface area contributed by atoms with E-state index < -0.39 is 48.0 Å². The number of carbonyl (C=O) groups excluding carboxylic acids is 4. The second kappa shape index (κ2) is 11.2. The van der Waals surface area contributed by atoms with E-state index in [1.165, 1.54) is 19.2 Å². The number of nitrogens with zero attached hydrogens (tertiary/aromatic N) is 1. The van der Waals surface area contributed by atoms with Crippen LogP contribution in [0.1, 0.15) is 49.9 Å². The van der Waals surface area contributed by atoms with Gasteiger partial charge in [-0.3, -0.25) is 14.4 Å². The molecule has 2 amide bonds. The number of carbonyl (C=O) groups is 4. The highest BCUT2D eigenvalue weighted by Crippen LogP contribution is 2.32. The number of hydrogen-bond donors (Lipinski definition) is 1. The molecule has 0 unspecified atom stereocenters. The molecule has 1 fully saturated rings. The van der Waals surface area contributed by atoms with E-state index in [4.69, 9.17) is 4.74 Å². The summed E-state index contributed by atoms with van der Waals surface area (Å²) in [6, 6.07) is 3.52. The SMILES string of the molecule is COC(=O)NN(C(=O)[C@H]1CCCC[C@@H]1C(=O)OCC(=O)c1ccc(Br)c(F)c1)C(C)C. The Hall–Kier alpha value is -2.49. The van der Waals surface area contributed by atoms with E-state index in [1.807, 2.05) is 0 Å². The fourth-order valence-electron chi connectivity index (χ4n) is 3.47. The summed E-state index contributed by atoms with van der Waals surface area (Å²) >= 11 is 3.01. The smallest absolute Gasteiger partial charge is 0.425 e. The zero-order chi connectivity index (χ0) is 23.1. The van der Waals surface area contributed by atoms with E-state index in [1.54, 1.807) is 13.8 Å². The van der Waals surface area contributed by atoms with Crippen molar-refractivity contribution in [2.75, 3.05) is 13.7 Å². The first kappa shape index (κ1) is 24.8. The molecule has 0 heterocycles. The van der Waals surface area contributed by atoms with Crippen LogP contribution < -0.4 is 5.43 Å². The Morgan fingerprint density at radius 1 is 1.19 bits per heavy atom. The van der Waals surface area contributed by atoms with Crippen molar-refractivity contribution < 1.29 is 33.0 Å². The van der Waals surface area contributed by atoms with Gasteiger partial charge in [0.2, 0.25) is 5.91 Å². The molecule has 0 bridgehead atoms. The lowest BCUT2D eigenvalue weighted by Crippen LogP contribution is -2.54. The summed E-state index contributed by atoms with van der Waals surface area (Å²) in [4.78, 5) is 49.6. The summed E-state index contributed by atoms with van der Waals surface area (Å²) in [5.41, 5.74) is 2.46. The quantitative estimate of drug-likeness (QED) is 0.363. The maximum atomic E-state index is 13.6. The van der Waals surface area contributed by atoms with Gasteiger partial charge in [0, 0.05) is 11.6 Å². The largest absolute Gasteiger partial charge is 0.457 e. The Morgan fingerprint density at radius 3 is 2.42 bits per heavy atom. The van der Waals surface area contributed by atoms with E-state index in [0.29, 0.717) is 12.8 Å². The van der Waals surface area contributed by atoms with Crippen molar-refractivity contribution in [1.82, 2.24) is 10.4 Å². The molecule has 10 heteroatoms. The number of nitrogens with one attached hydrogen (secondary N) is 1. The zero-order valence-corrected chi connectivity index (χ0v) is 19.2. The lowest BCUT2D eigenvalue weighted by molar-refractivity contribution is -0.158. The molecule has 0 spiro atoms. The molecule has 0 aliphatic heterocycles. The normalized spacial score (nSPS) is 18.3. The number of halogens is 2. The van der Waals surface area contributed by atoms with Crippen molar-refractivity contribution in [3.05, 3.63) is 34.1 Å².